The van der Waals surface area contributed by atoms with Gasteiger partial charge in [0.2, 0.25) is 0 Å². The summed E-state index contributed by atoms with van der Waals surface area (Å²) < 4.78 is 0. The standard InChI is InChI=1S/C14H14N2/c1-11-6-7-15-14(8-11)16-9-12-4-2-3-5-13(12)10-16/h2-8H,9-10H2,1H3. The Morgan fingerprint density at radius 1 is 1.06 bits per heavy atom. The van der Waals surface area contributed by atoms with Crippen LogP contribution in [0.15, 0.2) is 42.6 Å². The monoisotopic (exact) mass is 210 g/mol. The molecular weight excluding hydrogens is 196 g/mol. The quantitative estimate of drug-likeness (QED) is 0.719. The molecule has 0 spiro atoms. The van der Waals surface area contributed by atoms with Crippen molar-refractivity contribution in [3.63, 3.8) is 0 Å². The second-order valence-corrected chi connectivity index (χ2v) is 4.32. The summed E-state index contributed by atoms with van der Waals surface area (Å²) in [5, 5.41) is 0. The zero-order valence-corrected chi connectivity index (χ0v) is 9.35. The molecule has 0 fully saturated rings. The van der Waals surface area contributed by atoms with Gasteiger partial charge in [-0.2, -0.15) is 0 Å². The van der Waals surface area contributed by atoms with E-state index in [1.165, 1.54) is 16.7 Å². The summed E-state index contributed by atoms with van der Waals surface area (Å²) in [6, 6.07) is 12.8. The third-order valence-corrected chi connectivity index (χ3v) is 3.07. The van der Waals surface area contributed by atoms with Crippen molar-refractivity contribution in [2.75, 3.05) is 4.90 Å². The average Bonchev–Trinajstić information content (AvgIpc) is 2.72. The van der Waals surface area contributed by atoms with Crippen LogP contribution < -0.4 is 4.90 Å². The Balaban J connectivity index is 1.91. The Hall–Kier alpha value is -1.83. The van der Waals surface area contributed by atoms with Gasteiger partial charge in [0.25, 0.3) is 0 Å². The van der Waals surface area contributed by atoms with Crippen molar-refractivity contribution in [1.82, 2.24) is 4.98 Å². The molecule has 0 saturated heterocycles. The van der Waals surface area contributed by atoms with Crippen molar-refractivity contribution in [2.24, 2.45) is 0 Å². The molecule has 2 aromatic rings. The highest BCUT2D eigenvalue weighted by atomic mass is 15.2. The number of hydrogen-bond donors (Lipinski definition) is 0. The Kier molecular flexibility index (Phi) is 2.13. The van der Waals surface area contributed by atoms with E-state index in [4.69, 9.17) is 0 Å². The molecule has 1 aromatic heterocycles. The third kappa shape index (κ3) is 1.56. The molecule has 0 bridgehead atoms. The number of anilines is 1. The molecule has 16 heavy (non-hydrogen) atoms. The first-order valence-corrected chi connectivity index (χ1v) is 5.57. The highest BCUT2D eigenvalue weighted by molar-refractivity contribution is 5.47. The van der Waals surface area contributed by atoms with Gasteiger partial charge in [0.15, 0.2) is 0 Å². The number of hydrogen-bond acceptors (Lipinski definition) is 2. The number of rotatable bonds is 1. The lowest BCUT2D eigenvalue weighted by Crippen LogP contribution is -2.15. The van der Waals surface area contributed by atoms with Crippen molar-refractivity contribution in [2.45, 2.75) is 20.0 Å². The molecule has 1 aliphatic rings. The van der Waals surface area contributed by atoms with Crippen molar-refractivity contribution in [3.8, 4) is 0 Å². The minimum Gasteiger partial charge on any atom is -0.348 e. The van der Waals surface area contributed by atoms with E-state index in [1.807, 2.05) is 12.3 Å². The summed E-state index contributed by atoms with van der Waals surface area (Å²) in [5.41, 5.74) is 4.11. The van der Waals surface area contributed by atoms with Crippen molar-refractivity contribution >= 4 is 5.82 Å². The molecule has 0 radical (unpaired) electrons. The van der Waals surface area contributed by atoms with Gasteiger partial charge in [-0.1, -0.05) is 24.3 Å². The normalized spacial score (nSPS) is 13.9. The lowest BCUT2D eigenvalue weighted by molar-refractivity contribution is 0.855. The van der Waals surface area contributed by atoms with E-state index in [0.717, 1.165) is 18.9 Å². The van der Waals surface area contributed by atoms with E-state index in [1.54, 1.807) is 0 Å². The van der Waals surface area contributed by atoms with Crippen LogP contribution in [0, 0.1) is 6.92 Å². The van der Waals surface area contributed by atoms with E-state index < -0.39 is 0 Å². The van der Waals surface area contributed by atoms with Gasteiger partial charge >= 0.3 is 0 Å². The first-order valence-electron chi connectivity index (χ1n) is 5.57. The third-order valence-electron chi connectivity index (χ3n) is 3.07. The van der Waals surface area contributed by atoms with E-state index >= 15 is 0 Å². The number of aromatic nitrogens is 1. The van der Waals surface area contributed by atoms with Gasteiger partial charge in [-0.15, -0.1) is 0 Å². The van der Waals surface area contributed by atoms with E-state index in [-0.39, 0.29) is 0 Å². The first-order chi connectivity index (χ1) is 7.83. The van der Waals surface area contributed by atoms with Crippen LogP contribution in [0.3, 0.4) is 0 Å². The van der Waals surface area contributed by atoms with Crippen LogP contribution in [0.1, 0.15) is 16.7 Å². The van der Waals surface area contributed by atoms with Gasteiger partial charge < -0.3 is 4.90 Å². The topological polar surface area (TPSA) is 16.1 Å². The van der Waals surface area contributed by atoms with Crippen molar-refractivity contribution in [3.05, 3.63) is 59.3 Å². The Bertz CT molecular complexity index is 495. The molecular formula is C14H14N2. The molecule has 2 heterocycles. The maximum Gasteiger partial charge on any atom is 0.129 e. The summed E-state index contributed by atoms with van der Waals surface area (Å²) >= 11 is 0. The van der Waals surface area contributed by atoms with Gasteiger partial charge in [0, 0.05) is 19.3 Å². The zero-order valence-electron chi connectivity index (χ0n) is 9.35. The molecule has 1 aromatic carbocycles. The minimum atomic E-state index is 0.979. The summed E-state index contributed by atoms with van der Waals surface area (Å²) in [6.07, 6.45) is 1.88. The molecule has 0 atom stereocenters. The van der Waals surface area contributed by atoms with Gasteiger partial charge in [-0.3, -0.25) is 0 Å². The Morgan fingerprint density at radius 3 is 2.38 bits per heavy atom. The van der Waals surface area contributed by atoms with Crippen LogP contribution in [-0.4, -0.2) is 4.98 Å². The fourth-order valence-electron chi connectivity index (χ4n) is 2.19. The highest BCUT2D eigenvalue weighted by Crippen LogP contribution is 2.26. The van der Waals surface area contributed by atoms with E-state index in [9.17, 15) is 0 Å². The molecule has 2 nitrogen and oxygen atoms in total. The van der Waals surface area contributed by atoms with Crippen LogP contribution in [0.5, 0.6) is 0 Å². The molecule has 0 aliphatic carbocycles. The molecule has 2 heteroatoms. The number of benzene rings is 1. The van der Waals surface area contributed by atoms with Crippen LogP contribution in [0.4, 0.5) is 5.82 Å². The largest absolute Gasteiger partial charge is 0.348 e. The van der Waals surface area contributed by atoms with Gasteiger partial charge in [0.1, 0.15) is 5.82 Å². The Morgan fingerprint density at radius 2 is 1.75 bits per heavy atom. The second-order valence-electron chi connectivity index (χ2n) is 4.32. The first kappa shape index (κ1) is 9.40. The maximum absolute atomic E-state index is 4.43. The molecule has 80 valence electrons. The molecule has 3 rings (SSSR count). The van der Waals surface area contributed by atoms with Crippen LogP contribution >= 0.6 is 0 Å². The molecule has 1 aliphatic heterocycles. The number of nitrogens with zero attached hydrogens (tertiary/aromatic N) is 2. The highest BCUT2D eigenvalue weighted by Gasteiger charge is 2.18. The predicted octanol–water partition coefficient (Wildman–Crippen LogP) is 2.91. The van der Waals surface area contributed by atoms with Crippen molar-refractivity contribution < 1.29 is 0 Å². The zero-order chi connectivity index (χ0) is 11.0. The molecule has 0 amide bonds. The van der Waals surface area contributed by atoms with Gasteiger partial charge in [-0.05, 0) is 35.7 Å². The minimum absolute atomic E-state index is 0.979. The molecule has 0 unspecified atom stereocenters. The molecule has 0 N–H and O–H groups in total. The van der Waals surface area contributed by atoms with Gasteiger partial charge in [-0.25, -0.2) is 4.98 Å². The number of pyridine rings is 1. The lowest BCUT2D eigenvalue weighted by atomic mass is 10.1. The fourth-order valence-corrected chi connectivity index (χ4v) is 2.19. The summed E-state index contributed by atoms with van der Waals surface area (Å²) in [5.74, 6) is 1.08. The van der Waals surface area contributed by atoms with E-state index in [2.05, 4.69) is 47.1 Å². The fraction of sp³-hybridized carbons (Fsp3) is 0.214. The number of aryl methyl sites for hydroxylation is 1. The summed E-state index contributed by atoms with van der Waals surface area (Å²) in [7, 11) is 0. The molecule has 0 saturated carbocycles. The number of fused-ring (bicyclic) bond motifs is 1. The smallest absolute Gasteiger partial charge is 0.129 e. The summed E-state index contributed by atoms with van der Waals surface area (Å²) in [6.45, 7) is 4.06. The maximum atomic E-state index is 4.43. The van der Waals surface area contributed by atoms with E-state index in [0.29, 0.717) is 0 Å². The lowest BCUT2D eigenvalue weighted by Gasteiger charge is -2.16. The summed E-state index contributed by atoms with van der Waals surface area (Å²) in [4.78, 5) is 6.75. The average molecular weight is 210 g/mol. The Labute approximate surface area is 95.6 Å². The van der Waals surface area contributed by atoms with Crippen LogP contribution in [0.2, 0.25) is 0 Å². The van der Waals surface area contributed by atoms with Crippen molar-refractivity contribution in [1.29, 1.82) is 0 Å². The van der Waals surface area contributed by atoms with Crippen LogP contribution in [-0.2, 0) is 13.1 Å². The van der Waals surface area contributed by atoms with Crippen LogP contribution in [0.25, 0.3) is 0 Å². The SMILES string of the molecule is Cc1ccnc(N2Cc3ccccc3C2)c1. The van der Waals surface area contributed by atoms with Gasteiger partial charge in [0.05, 0.1) is 0 Å². The second kappa shape index (κ2) is 3.63. The predicted molar refractivity (Wildman–Crippen MR) is 65.3 cm³/mol.